The van der Waals surface area contributed by atoms with E-state index in [0.29, 0.717) is 30.7 Å². The summed E-state index contributed by atoms with van der Waals surface area (Å²) in [5.41, 5.74) is 6.73. The first-order chi connectivity index (χ1) is 21.1. The van der Waals surface area contributed by atoms with Gasteiger partial charge in [-0.15, -0.1) is 4.99 Å². The average molecular weight is 589 g/mol. The number of rotatable bonds is 8. The zero-order valence-corrected chi connectivity index (χ0v) is 26.1. The van der Waals surface area contributed by atoms with Crippen LogP contribution in [0.25, 0.3) is 11.0 Å². The molecule has 0 aliphatic rings. The van der Waals surface area contributed by atoms with Crippen molar-refractivity contribution in [2.45, 2.75) is 59.2 Å². The number of para-hydroxylation sites is 2. The molecule has 0 bridgehead atoms. The summed E-state index contributed by atoms with van der Waals surface area (Å²) in [4.78, 5) is 31.1. The summed E-state index contributed by atoms with van der Waals surface area (Å²) in [5.74, 6) is -0.158. The molecule has 0 spiro atoms. The summed E-state index contributed by atoms with van der Waals surface area (Å²) in [7, 11) is 0. The molecule has 7 nitrogen and oxygen atoms in total. The molecular formula is C37H40N4O3. The number of imidazole rings is 1. The van der Waals surface area contributed by atoms with Crippen molar-refractivity contribution in [2.24, 2.45) is 4.99 Å². The number of aromatic nitrogens is 2. The molecule has 0 aliphatic heterocycles. The van der Waals surface area contributed by atoms with Crippen molar-refractivity contribution >= 4 is 23.0 Å². The fourth-order valence-electron chi connectivity index (χ4n) is 5.27. The SMILES string of the molecule is Cc1ccc(CC(CNC(=O)c2ccccc2)n2/c(=N/C(=O)OC(C)(C)C)n(Cc3ccc(C)cc3)c3ccccc32)cc1. The second-order valence-electron chi connectivity index (χ2n) is 12.2. The number of hydrogen-bond acceptors (Lipinski definition) is 3. The highest BCUT2D eigenvalue weighted by molar-refractivity contribution is 5.94. The van der Waals surface area contributed by atoms with Crippen molar-refractivity contribution in [1.82, 2.24) is 14.5 Å². The fraction of sp³-hybridized carbons (Fsp3) is 0.270. The fourth-order valence-corrected chi connectivity index (χ4v) is 5.27. The van der Waals surface area contributed by atoms with Crippen LogP contribution in [0.3, 0.4) is 0 Å². The van der Waals surface area contributed by atoms with Crippen LogP contribution < -0.4 is 10.9 Å². The Bertz CT molecular complexity index is 1810. The van der Waals surface area contributed by atoms with Crippen LogP contribution in [0.5, 0.6) is 0 Å². The molecule has 226 valence electrons. The van der Waals surface area contributed by atoms with Crippen molar-refractivity contribution in [1.29, 1.82) is 0 Å². The summed E-state index contributed by atoms with van der Waals surface area (Å²) in [6, 6.07) is 33.7. The average Bonchev–Trinajstić information content (AvgIpc) is 3.29. The maximum absolute atomic E-state index is 13.3. The molecule has 7 heteroatoms. The Kier molecular flexibility index (Phi) is 9.14. The molecule has 0 radical (unpaired) electrons. The van der Waals surface area contributed by atoms with E-state index in [1.54, 1.807) is 12.1 Å². The molecule has 4 aromatic carbocycles. The summed E-state index contributed by atoms with van der Waals surface area (Å²) >= 11 is 0. The van der Waals surface area contributed by atoms with Gasteiger partial charge in [0, 0.05) is 12.1 Å². The van der Waals surface area contributed by atoms with E-state index in [1.165, 1.54) is 11.1 Å². The van der Waals surface area contributed by atoms with Crippen molar-refractivity contribution in [3.8, 4) is 0 Å². The van der Waals surface area contributed by atoms with Crippen molar-refractivity contribution in [3.63, 3.8) is 0 Å². The zero-order chi connectivity index (χ0) is 31.3. The third-order valence-electron chi connectivity index (χ3n) is 7.43. The third kappa shape index (κ3) is 7.53. The van der Waals surface area contributed by atoms with Crippen LogP contribution in [0.2, 0.25) is 0 Å². The van der Waals surface area contributed by atoms with E-state index in [0.717, 1.165) is 22.2 Å². The van der Waals surface area contributed by atoms with Gasteiger partial charge in [0.15, 0.2) is 0 Å². The number of aryl methyl sites for hydroxylation is 2. The molecule has 0 fully saturated rings. The predicted octanol–water partition coefficient (Wildman–Crippen LogP) is 7.16. The Balaban J connectivity index is 1.68. The van der Waals surface area contributed by atoms with Crippen LogP contribution in [0.1, 0.15) is 59.4 Å². The van der Waals surface area contributed by atoms with E-state index in [9.17, 15) is 9.59 Å². The van der Waals surface area contributed by atoms with E-state index >= 15 is 0 Å². The van der Waals surface area contributed by atoms with E-state index in [-0.39, 0.29) is 11.9 Å². The lowest BCUT2D eigenvalue weighted by Gasteiger charge is -2.22. The number of carbonyl (C=O) groups excluding carboxylic acids is 2. The lowest BCUT2D eigenvalue weighted by molar-refractivity contribution is 0.0592. The highest BCUT2D eigenvalue weighted by Crippen LogP contribution is 2.22. The van der Waals surface area contributed by atoms with Gasteiger partial charge in [-0.2, -0.15) is 0 Å². The number of hydrogen-bond donors (Lipinski definition) is 1. The van der Waals surface area contributed by atoms with E-state index < -0.39 is 11.7 Å². The molecule has 1 N–H and O–H groups in total. The molecule has 1 aromatic heterocycles. The Morgan fingerprint density at radius 2 is 1.34 bits per heavy atom. The van der Waals surface area contributed by atoms with Gasteiger partial charge >= 0.3 is 6.09 Å². The lowest BCUT2D eigenvalue weighted by Crippen LogP contribution is -2.38. The number of nitrogens with zero attached hydrogens (tertiary/aromatic N) is 3. The normalized spacial score (nSPS) is 12.7. The molecule has 5 aromatic rings. The Hall–Kier alpha value is -4.91. The van der Waals surface area contributed by atoms with Gasteiger partial charge in [0.25, 0.3) is 5.91 Å². The summed E-state index contributed by atoms with van der Waals surface area (Å²) in [6.45, 7) is 10.4. The van der Waals surface area contributed by atoms with Crippen LogP contribution in [-0.4, -0.2) is 33.3 Å². The van der Waals surface area contributed by atoms with Gasteiger partial charge in [0.1, 0.15) is 5.60 Å². The zero-order valence-electron chi connectivity index (χ0n) is 26.1. The van der Waals surface area contributed by atoms with Crippen LogP contribution in [-0.2, 0) is 17.7 Å². The summed E-state index contributed by atoms with van der Waals surface area (Å²) < 4.78 is 9.82. The van der Waals surface area contributed by atoms with E-state index in [4.69, 9.17) is 4.74 Å². The Morgan fingerprint density at radius 3 is 1.95 bits per heavy atom. The molecule has 0 saturated carbocycles. The first-order valence-electron chi connectivity index (χ1n) is 15.0. The quantitative estimate of drug-likeness (QED) is 0.209. The molecule has 1 atom stereocenters. The van der Waals surface area contributed by atoms with Gasteiger partial charge in [0.05, 0.1) is 23.6 Å². The third-order valence-corrected chi connectivity index (χ3v) is 7.43. The van der Waals surface area contributed by atoms with Crippen LogP contribution in [0.4, 0.5) is 4.79 Å². The number of nitrogens with one attached hydrogen (secondary N) is 1. The van der Waals surface area contributed by atoms with Crippen LogP contribution in [0, 0.1) is 13.8 Å². The number of carbonyl (C=O) groups is 2. The van der Waals surface area contributed by atoms with Crippen molar-refractivity contribution in [2.75, 3.05) is 6.54 Å². The maximum Gasteiger partial charge on any atom is 0.437 e. The smallest absolute Gasteiger partial charge is 0.437 e. The molecule has 44 heavy (non-hydrogen) atoms. The topological polar surface area (TPSA) is 77.6 Å². The van der Waals surface area contributed by atoms with E-state index in [2.05, 4.69) is 81.8 Å². The van der Waals surface area contributed by atoms with E-state index in [1.807, 2.05) is 63.2 Å². The van der Waals surface area contributed by atoms with Gasteiger partial charge < -0.3 is 19.2 Å². The number of benzene rings is 4. The van der Waals surface area contributed by atoms with Gasteiger partial charge in [-0.3, -0.25) is 4.79 Å². The second-order valence-corrected chi connectivity index (χ2v) is 12.2. The first-order valence-corrected chi connectivity index (χ1v) is 15.0. The number of ether oxygens (including phenoxy) is 1. The largest absolute Gasteiger partial charge is 0.442 e. The van der Waals surface area contributed by atoms with Crippen molar-refractivity contribution < 1.29 is 14.3 Å². The minimum atomic E-state index is -0.704. The highest BCUT2D eigenvalue weighted by Gasteiger charge is 2.23. The van der Waals surface area contributed by atoms with Gasteiger partial charge in [-0.25, -0.2) is 4.79 Å². The van der Waals surface area contributed by atoms with Crippen LogP contribution >= 0.6 is 0 Å². The summed E-state index contributed by atoms with van der Waals surface area (Å²) in [6.07, 6.45) is -0.0586. The maximum atomic E-state index is 13.3. The first kappa shape index (κ1) is 30.5. The molecular weight excluding hydrogens is 548 g/mol. The van der Waals surface area contributed by atoms with Crippen molar-refractivity contribution in [3.05, 3.63) is 137 Å². The number of amides is 2. The number of fused-ring (bicyclic) bond motifs is 1. The molecule has 0 aliphatic carbocycles. The highest BCUT2D eigenvalue weighted by atomic mass is 16.6. The molecule has 5 rings (SSSR count). The molecule has 1 unspecified atom stereocenters. The van der Waals surface area contributed by atoms with Gasteiger partial charge in [-0.05, 0) is 76.4 Å². The predicted molar refractivity (Wildman–Crippen MR) is 175 cm³/mol. The Morgan fingerprint density at radius 1 is 0.773 bits per heavy atom. The molecule has 1 heterocycles. The lowest BCUT2D eigenvalue weighted by atomic mass is 10.0. The van der Waals surface area contributed by atoms with Gasteiger partial charge in [0.2, 0.25) is 5.62 Å². The molecule has 0 saturated heterocycles. The summed E-state index contributed by atoms with van der Waals surface area (Å²) in [5, 5.41) is 3.15. The van der Waals surface area contributed by atoms with Crippen LogP contribution in [0.15, 0.2) is 108 Å². The molecule has 2 amide bonds. The Labute approximate surface area is 258 Å². The minimum absolute atomic E-state index is 0.158. The standard InChI is InChI=1S/C37H40N4O3/c1-26-15-19-28(20-16-26)23-31(24-38-34(42)30-11-7-6-8-12-30)41-33-14-10-9-13-32(33)40(25-29-21-17-27(2)18-22-29)35(41)39-36(43)44-37(3,4)5/h6-22,31H,23-25H2,1-5H3,(H,38,42)/b39-35+. The monoisotopic (exact) mass is 588 g/mol. The van der Waals surface area contributed by atoms with Gasteiger partial charge in [-0.1, -0.05) is 90.0 Å². The minimum Gasteiger partial charge on any atom is -0.442 e. The second kappa shape index (κ2) is 13.2.